The fourth-order valence-electron chi connectivity index (χ4n) is 1.53. The summed E-state index contributed by atoms with van der Waals surface area (Å²) in [4.78, 5) is 22.1. The van der Waals surface area contributed by atoms with Gasteiger partial charge in [0.05, 0.1) is 5.75 Å². The maximum Gasteiger partial charge on any atom is 0.322 e. The number of amides is 3. The zero-order valence-electron chi connectivity index (χ0n) is 9.51. The Balaban J connectivity index is 2.05. The molecule has 0 bridgehead atoms. The largest absolute Gasteiger partial charge is 0.325 e. The molecule has 0 radical (unpaired) electrons. The van der Waals surface area contributed by atoms with Crippen LogP contribution >= 0.6 is 11.6 Å². The van der Waals surface area contributed by atoms with E-state index in [-0.39, 0.29) is 0 Å². The van der Waals surface area contributed by atoms with Gasteiger partial charge in [0.15, 0.2) is 0 Å². The first-order chi connectivity index (χ1) is 8.85. The highest BCUT2D eigenvalue weighted by atomic mass is 35.5. The van der Waals surface area contributed by atoms with Crippen molar-refractivity contribution in [2.45, 2.75) is 6.04 Å². The Morgan fingerprint density at radius 2 is 1.84 bits per heavy atom. The molecule has 1 atom stereocenters. The number of halogens is 1. The van der Waals surface area contributed by atoms with Crippen molar-refractivity contribution in [2.75, 3.05) is 10.5 Å². The van der Waals surface area contributed by atoms with Gasteiger partial charge in [-0.3, -0.25) is 14.8 Å². The first kappa shape index (κ1) is 13.6. The number of benzene rings is 1. The van der Waals surface area contributed by atoms with E-state index in [0.717, 1.165) is 0 Å². The number of sulfonamides is 1. The van der Waals surface area contributed by atoms with Gasteiger partial charge in [0.1, 0.15) is 6.04 Å². The van der Waals surface area contributed by atoms with Gasteiger partial charge in [-0.05, 0) is 24.3 Å². The second-order valence-electron chi connectivity index (χ2n) is 3.91. The minimum Gasteiger partial charge on any atom is -0.325 e. The third kappa shape index (κ3) is 3.58. The maximum atomic E-state index is 11.8. The van der Waals surface area contributed by atoms with Crippen LogP contribution < -0.4 is 15.4 Å². The lowest BCUT2D eigenvalue weighted by Crippen LogP contribution is -2.38. The van der Waals surface area contributed by atoms with Crippen LogP contribution in [-0.4, -0.2) is 32.2 Å². The Morgan fingerprint density at radius 3 is 2.37 bits per heavy atom. The van der Waals surface area contributed by atoms with Gasteiger partial charge >= 0.3 is 6.03 Å². The number of imide groups is 1. The summed E-state index contributed by atoms with van der Waals surface area (Å²) in [5.41, 5.74) is 0.328. The van der Waals surface area contributed by atoms with E-state index in [4.69, 9.17) is 11.6 Å². The summed E-state index contributed by atoms with van der Waals surface area (Å²) < 4.78 is 25.9. The molecule has 1 aliphatic heterocycles. The van der Waals surface area contributed by atoms with E-state index in [1.54, 1.807) is 0 Å². The van der Waals surface area contributed by atoms with Crippen LogP contribution in [-0.2, 0) is 14.8 Å². The molecular formula is C10H10ClN3O4S. The molecule has 1 heterocycles. The first-order valence-corrected chi connectivity index (χ1v) is 7.26. The summed E-state index contributed by atoms with van der Waals surface area (Å²) >= 11 is 5.68. The van der Waals surface area contributed by atoms with Gasteiger partial charge in [-0.15, -0.1) is 0 Å². The number of rotatable bonds is 4. The lowest BCUT2D eigenvalue weighted by Gasteiger charge is -2.10. The molecule has 1 saturated heterocycles. The minimum atomic E-state index is -3.76. The molecule has 3 N–H and O–H groups in total. The number of urea groups is 1. The van der Waals surface area contributed by atoms with Crippen LogP contribution in [0.2, 0.25) is 5.02 Å². The summed E-state index contributed by atoms with van der Waals surface area (Å²) in [5.74, 6) is -1.20. The molecule has 1 fully saturated rings. The summed E-state index contributed by atoms with van der Waals surface area (Å²) in [7, 11) is -3.76. The fourth-order valence-corrected chi connectivity index (χ4v) is 2.91. The van der Waals surface area contributed by atoms with Gasteiger partial charge < -0.3 is 5.32 Å². The van der Waals surface area contributed by atoms with Crippen molar-refractivity contribution in [3.8, 4) is 0 Å². The van der Waals surface area contributed by atoms with E-state index < -0.39 is 33.8 Å². The van der Waals surface area contributed by atoms with Crippen LogP contribution in [0.15, 0.2) is 24.3 Å². The van der Waals surface area contributed by atoms with E-state index in [1.807, 2.05) is 5.32 Å². The van der Waals surface area contributed by atoms with Gasteiger partial charge in [-0.1, -0.05) is 11.6 Å². The van der Waals surface area contributed by atoms with Crippen LogP contribution in [0, 0.1) is 0 Å². The Labute approximate surface area is 114 Å². The zero-order valence-corrected chi connectivity index (χ0v) is 11.1. The van der Waals surface area contributed by atoms with Crippen LogP contribution in [0.25, 0.3) is 0 Å². The van der Waals surface area contributed by atoms with E-state index in [2.05, 4.69) is 10.0 Å². The molecule has 1 aliphatic rings. The van der Waals surface area contributed by atoms with Crippen LogP contribution in [0.3, 0.4) is 0 Å². The van der Waals surface area contributed by atoms with Crippen molar-refractivity contribution in [2.24, 2.45) is 0 Å². The highest BCUT2D eigenvalue weighted by Gasteiger charge is 2.33. The summed E-state index contributed by atoms with van der Waals surface area (Å²) in [6.07, 6.45) is 0. The molecule has 1 aromatic carbocycles. The molecule has 19 heavy (non-hydrogen) atoms. The molecule has 3 amide bonds. The van der Waals surface area contributed by atoms with E-state index >= 15 is 0 Å². The molecule has 2 rings (SSSR count). The summed E-state index contributed by atoms with van der Waals surface area (Å²) in [6.45, 7) is 0. The lowest BCUT2D eigenvalue weighted by atomic mass is 10.3. The highest BCUT2D eigenvalue weighted by Crippen LogP contribution is 2.15. The summed E-state index contributed by atoms with van der Waals surface area (Å²) in [5, 5.41) is 4.65. The number of carbonyl (C=O) groups is 2. The third-order valence-electron chi connectivity index (χ3n) is 2.36. The predicted molar refractivity (Wildman–Crippen MR) is 69.3 cm³/mol. The minimum absolute atomic E-state index is 0.328. The number of carbonyl (C=O) groups excluding carboxylic acids is 2. The van der Waals surface area contributed by atoms with Crippen molar-refractivity contribution in [3.05, 3.63) is 29.3 Å². The second kappa shape index (κ2) is 5.06. The van der Waals surface area contributed by atoms with Crippen LogP contribution in [0.1, 0.15) is 0 Å². The van der Waals surface area contributed by atoms with Crippen molar-refractivity contribution >= 4 is 39.2 Å². The van der Waals surface area contributed by atoms with Crippen LogP contribution in [0.4, 0.5) is 10.5 Å². The Morgan fingerprint density at radius 1 is 1.21 bits per heavy atom. The Hall–Kier alpha value is -1.80. The van der Waals surface area contributed by atoms with Gasteiger partial charge in [-0.25, -0.2) is 13.2 Å². The smallest absolute Gasteiger partial charge is 0.322 e. The molecule has 0 saturated carbocycles. The van der Waals surface area contributed by atoms with Crippen molar-refractivity contribution in [1.82, 2.24) is 10.6 Å². The molecule has 1 aromatic rings. The molecule has 0 aromatic heterocycles. The molecule has 7 nitrogen and oxygen atoms in total. The fraction of sp³-hybridized carbons (Fsp3) is 0.200. The predicted octanol–water partition coefficient (Wildman–Crippen LogP) is 0.290. The van der Waals surface area contributed by atoms with E-state index in [1.165, 1.54) is 24.3 Å². The Kier molecular flexibility index (Phi) is 3.63. The topological polar surface area (TPSA) is 104 Å². The highest BCUT2D eigenvalue weighted by molar-refractivity contribution is 7.92. The normalized spacial score (nSPS) is 18.9. The van der Waals surface area contributed by atoms with E-state index in [9.17, 15) is 18.0 Å². The number of hydrogen-bond acceptors (Lipinski definition) is 4. The average molecular weight is 304 g/mol. The number of anilines is 1. The molecule has 0 aliphatic carbocycles. The average Bonchev–Trinajstić information content (AvgIpc) is 2.59. The van der Waals surface area contributed by atoms with Gasteiger partial charge in [0.25, 0.3) is 5.91 Å². The Bertz CT molecular complexity index is 614. The second-order valence-corrected chi connectivity index (χ2v) is 6.11. The van der Waals surface area contributed by atoms with Gasteiger partial charge in [0, 0.05) is 10.7 Å². The SMILES string of the molecule is O=C1NC(=O)[C@H](CS(=O)(=O)Nc2ccc(Cl)cc2)N1. The summed E-state index contributed by atoms with van der Waals surface area (Å²) in [6, 6.07) is 4.27. The van der Waals surface area contributed by atoms with Gasteiger partial charge in [-0.2, -0.15) is 0 Å². The van der Waals surface area contributed by atoms with E-state index in [0.29, 0.717) is 10.7 Å². The molecular weight excluding hydrogens is 294 g/mol. The molecule has 102 valence electrons. The van der Waals surface area contributed by atoms with Gasteiger partial charge in [0.2, 0.25) is 10.0 Å². The van der Waals surface area contributed by atoms with Crippen molar-refractivity contribution < 1.29 is 18.0 Å². The number of nitrogens with one attached hydrogen (secondary N) is 3. The standard InChI is InChI=1S/C10H10ClN3O4S/c11-6-1-3-7(4-2-6)14-19(17,18)5-8-9(15)13-10(16)12-8/h1-4,8,14H,5H2,(H2,12,13,15,16)/t8-/m0/s1. The van der Waals surface area contributed by atoms with Crippen LogP contribution in [0.5, 0.6) is 0 Å². The first-order valence-electron chi connectivity index (χ1n) is 5.23. The molecule has 9 heteroatoms. The monoisotopic (exact) mass is 303 g/mol. The molecule has 0 spiro atoms. The lowest BCUT2D eigenvalue weighted by molar-refractivity contribution is -0.119. The van der Waals surface area contributed by atoms with Crippen molar-refractivity contribution in [3.63, 3.8) is 0 Å². The third-order valence-corrected chi connectivity index (χ3v) is 3.93. The maximum absolute atomic E-state index is 11.8. The molecule has 0 unspecified atom stereocenters. The quantitative estimate of drug-likeness (QED) is 0.695. The zero-order chi connectivity index (χ0) is 14.0. The number of hydrogen-bond donors (Lipinski definition) is 3. The van der Waals surface area contributed by atoms with Crippen molar-refractivity contribution in [1.29, 1.82) is 0 Å².